The molecule has 1 aromatic rings. The molecule has 1 saturated heterocycles. The van der Waals surface area contributed by atoms with E-state index < -0.39 is 11.8 Å². The zero-order valence-electron chi connectivity index (χ0n) is 11.0. The number of rotatable bonds is 5. The maximum atomic E-state index is 13.2. The molecule has 1 N–H and O–H groups in total. The summed E-state index contributed by atoms with van der Waals surface area (Å²) in [6.07, 6.45) is 4.22. The number of carboxylic acids is 1. The van der Waals surface area contributed by atoms with Gasteiger partial charge in [-0.1, -0.05) is 6.07 Å². The summed E-state index contributed by atoms with van der Waals surface area (Å²) in [4.78, 5) is 10.5. The topological polar surface area (TPSA) is 55.8 Å². The van der Waals surface area contributed by atoms with Gasteiger partial charge < -0.3 is 14.6 Å². The molecule has 0 spiro atoms. The maximum Gasteiger partial charge on any atom is 0.328 e. The number of hydrogen-bond acceptors (Lipinski definition) is 3. The van der Waals surface area contributed by atoms with Crippen LogP contribution < -0.4 is 0 Å². The third-order valence-electron chi connectivity index (χ3n) is 3.16. The molecule has 0 aromatic heterocycles. The van der Waals surface area contributed by atoms with E-state index >= 15 is 0 Å². The Morgan fingerprint density at radius 3 is 2.90 bits per heavy atom. The van der Waals surface area contributed by atoms with E-state index in [1.54, 1.807) is 6.07 Å². The molecule has 2 rings (SSSR count). The molecule has 5 heteroatoms. The fraction of sp³-hybridized carbons (Fsp3) is 0.400. The molecule has 0 radical (unpaired) electrons. The third-order valence-corrected chi connectivity index (χ3v) is 3.16. The molecule has 4 nitrogen and oxygen atoms in total. The van der Waals surface area contributed by atoms with Crippen LogP contribution in [0.3, 0.4) is 0 Å². The van der Waals surface area contributed by atoms with E-state index in [2.05, 4.69) is 0 Å². The van der Waals surface area contributed by atoms with Crippen LogP contribution in [-0.2, 0) is 20.9 Å². The van der Waals surface area contributed by atoms with Gasteiger partial charge in [-0.2, -0.15) is 0 Å². The second-order valence-electron chi connectivity index (χ2n) is 4.64. The second kappa shape index (κ2) is 7.17. The highest BCUT2D eigenvalue weighted by molar-refractivity contribution is 5.85. The van der Waals surface area contributed by atoms with Crippen molar-refractivity contribution in [1.82, 2.24) is 0 Å². The van der Waals surface area contributed by atoms with Crippen LogP contribution in [0.15, 0.2) is 24.3 Å². The van der Waals surface area contributed by atoms with Gasteiger partial charge in [0.1, 0.15) is 5.82 Å². The molecule has 1 aliphatic heterocycles. The Morgan fingerprint density at radius 1 is 1.45 bits per heavy atom. The largest absolute Gasteiger partial charge is 0.478 e. The minimum absolute atomic E-state index is 0.144. The lowest BCUT2D eigenvalue weighted by Crippen LogP contribution is -2.23. The number of benzene rings is 1. The first kappa shape index (κ1) is 14.7. The van der Waals surface area contributed by atoms with Crippen LogP contribution in [-0.4, -0.2) is 30.4 Å². The van der Waals surface area contributed by atoms with Crippen LogP contribution >= 0.6 is 0 Å². The quantitative estimate of drug-likeness (QED) is 0.842. The normalized spacial score (nSPS) is 16.6. The average molecular weight is 280 g/mol. The van der Waals surface area contributed by atoms with Crippen LogP contribution in [0.4, 0.5) is 4.39 Å². The van der Waals surface area contributed by atoms with Gasteiger partial charge in [0.05, 0.1) is 12.7 Å². The lowest BCUT2D eigenvalue weighted by molar-refractivity contribution is -0.131. The molecule has 0 atom stereocenters. The van der Waals surface area contributed by atoms with Crippen molar-refractivity contribution in [3.05, 3.63) is 41.2 Å². The summed E-state index contributed by atoms with van der Waals surface area (Å²) in [5.74, 6) is -1.46. The molecule has 0 aliphatic carbocycles. The van der Waals surface area contributed by atoms with Gasteiger partial charge in [0.15, 0.2) is 0 Å². The molecular weight excluding hydrogens is 263 g/mol. The minimum atomic E-state index is -1.06. The predicted molar refractivity (Wildman–Crippen MR) is 71.7 cm³/mol. The second-order valence-corrected chi connectivity index (χ2v) is 4.64. The van der Waals surface area contributed by atoms with Gasteiger partial charge in [-0.15, -0.1) is 0 Å². The Labute approximate surface area is 116 Å². The summed E-state index contributed by atoms with van der Waals surface area (Å²) >= 11 is 0. The highest BCUT2D eigenvalue weighted by atomic mass is 19.1. The van der Waals surface area contributed by atoms with Crippen LogP contribution in [0.1, 0.15) is 24.0 Å². The van der Waals surface area contributed by atoms with Crippen LogP contribution in [0, 0.1) is 5.82 Å². The zero-order chi connectivity index (χ0) is 14.4. The van der Waals surface area contributed by atoms with Crippen molar-refractivity contribution in [3.63, 3.8) is 0 Å². The lowest BCUT2D eigenvalue weighted by atomic mass is 10.1. The Hall–Kier alpha value is -1.72. The van der Waals surface area contributed by atoms with Crippen molar-refractivity contribution >= 4 is 12.0 Å². The van der Waals surface area contributed by atoms with Crippen LogP contribution in [0.2, 0.25) is 0 Å². The molecule has 0 bridgehead atoms. The summed E-state index contributed by atoms with van der Waals surface area (Å²) in [7, 11) is 0. The average Bonchev–Trinajstić information content (AvgIpc) is 2.45. The molecule has 0 amide bonds. The zero-order valence-corrected chi connectivity index (χ0v) is 11.0. The number of hydrogen-bond donors (Lipinski definition) is 1. The summed E-state index contributed by atoms with van der Waals surface area (Å²) in [5.41, 5.74) is 1.30. The summed E-state index contributed by atoms with van der Waals surface area (Å²) in [6.45, 7) is 1.73. The predicted octanol–water partition coefficient (Wildman–Crippen LogP) is 2.62. The smallest absolute Gasteiger partial charge is 0.328 e. The van der Waals surface area contributed by atoms with Crippen molar-refractivity contribution in [1.29, 1.82) is 0 Å². The molecule has 1 heterocycles. The molecule has 20 heavy (non-hydrogen) atoms. The Kier molecular flexibility index (Phi) is 5.26. The van der Waals surface area contributed by atoms with Crippen LogP contribution in [0.25, 0.3) is 6.08 Å². The fourth-order valence-corrected chi connectivity index (χ4v) is 2.06. The van der Waals surface area contributed by atoms with Crippen molar-refractivity contribution < 1.29 is 23.8 Å². The summed E-state index contributed by atoms with van der Waals surface area (Å²) in [6, 6.07) is 4.28. The molecule has 0 saturated carbocycles. The molecule has 1 aromatic carbocycles. The minimum Gasteiger partial charge on any atom is -0.478 e. The third kappa shape index (κ3) is 4.43. The van der Waals surface area contributed by atoms with Gasteiger partial charge in [-0.25, -0.2) is 9.18 Å². The fourth-order valence-electron chi connectivity index (χ4n) is 2.06. The van der Waals surface area contributed by atoms with Gasteiger partial charge in [-0.05, 0) is 42.2 Å². The van der Waals surface area contributed by atoms with E-state index in [1.165, 1.54) is 18.2 Å². The van der Waals surface area contributed by atoms with E-state index in [1.807, 2.05) is 0 Å². The molecule has 108 valence electrons. The van der Waals surface area contributed by atoms with E-state index in [4.69, 9.17) is 14.6 Å². The molecule has 1 aliphatic rings. The molecule has 1 fully saturated rings. The Balaban J connectivity index is 2.03. The van der Waals surface area contributed by atoms with E-state index in [0.29, 0.717) is 25.4 Å². The number of ether oxygens (including phenoxy) is 2. The van der Waals surface area contributed by atoms with Crippen LogP contribution in [0.5, 0.6) is 0 Å². The first-order valence-electron chi connectivity index (χ1n) is 6.54. The maximum absolute atomic E-state index is 13.2. The van der Waals surface area contributed by atoms with Crippen molar-refractivity contribution in [3.8, 4) is 0 Å². The number of halogens is 1. The van der Waals surface area contributed by atoms with E-state index in [-0.39, 0.29) is 6.10 Å². The summed E-state index contributed by atoms with van der Waals surface area (Å²) in [5, 5.41) is 8.64. The summed E-state index contributed by atoms with van der Waals surface area (Å²) < 4.78 is 24.3. The first-order chi connectivity index (χ1) is 9.65. The van der Waals surface area contributed by atoms with Crippen molar-refractivity contribution in [2.24, 2.45) is 0 Å². The first-order valence-corrected chi connectivity index (χ1v) is 6.54. The van der Waals surface area contributed by atoms with Gasteiger partial charge in [0, 0.05) is 19.3 Å². The van der Waals surface area contributed by atoms with E-state index in [0.717, 1.165) is 24.5 Å². The highest BCUT2D eigenvalue weighted by Crippen LogP contribution is 2.18. The number of aliphatic carboxylic acids is 1. The molecule has 0 unspecified atom stereocenters. The van der Waals surface area contributed by atoms with Crippen molar-refractivity contribution in [2.75, 3.05) is 13.2 Å². The van der Waals surface area contributed by atoms with Gasteiger partial charge in [0.2, 0.25) is 0 Å². The standard InChI is InChI=1S/C15H17FO4/c16-13-3-1-12(11(9-13)2-4-15(17)18)10-20-14-5-7-19-8-6-14/h1-4,9,14H,5-8,10H2,(H,17,18). The lowest BCUT2D eigenvalue weighted by Gasteiger charge is -2.22. The van der Waals surface area contributed by atoms with Gasteiger partial charge >= 0.3 is 5.97 Å². The van der Waals surface area contributed by atoms with E-state index in [9.17, 15) is 9.18 Å². The van der Waals surface area contributed by atoms with Crippen molar-refractivity contribution in [2.45, 2.75) is 25.6 Å². The molecular formula is C15H17FO4. The Bertz CT molecular complexity index is 493. The van der Waals surface area contributed by atoms with Gasteiger partial charge in [0.25, 0.3) is 0 Å². The number of carboxylic acid groups (broad SMARTS) is 1. The highest BCUT2D eigenvalue weighted by Gasteiger charge is 2.14. The number of carbonyl (C=O) groups is 1. The monoisotopic (exact) mass is 280 g/mol. The SMILES string of the molecule is O=C(O)C=Cc1cc(F)ccc1COC1CCOCC1. The van der Waals surface area contributed by atoms with Gasteiger partial charge in [-0.3, -0.25) is 0 Å². The Morgan fingerprint density at radius 2 is 2.20 bits per heavy atom.